The molecule has 4 bridgehead atoms. The SMILES string of the molecule is CC(C)c1cc2nc(CN3c4nccc(n4)OCC(CC4CCCOC4)NC(=O)c4cccc(c4)S3(=O)=O)cnc2o1. The molecule has 1 aromatic carbocycles. The van der Waals surface area contributed by atoms with Crippen molar-refractivity contribution in [2.75, 3.05) is 24.1 Å². The van der Waals surface area contributed by atoms with Crippen molar-refractivity contribution in [3.63, 3.8) is 0 Å². The molecule has 3 aromatic heterocycles. The van der Waals surface area contributed by atoms with E-state index in [1.54, 1.807) is 24.3 Å². The first kappa shape index (κ1) is 28.0. The lowest BCUT2D eigenvalue weighted by molar-refractivity contribution is 0.0440. The second-order valence-corrected chi connectivity index (χ2v) is 12.8. The Morgan fingerprint density at radius 1 is 1.12 bits per heavy atom. The maximum Gasteiger partial charge on any atom is 0.267 e. The van der Waals surface area contributed by atoms with Crippen LogP contribution in [0.1, 0.15) is 60.8 Å². The van der Waals surface area contributed by atoms with Crippen molar-refractivity contribution in [1.29, 1.82) is 0 Å². The van der Waals surface area contributed by atoms with Crippen molar-refractivity contribution < 1.29 is 27.1 Å². The summed E-state index contributed by atoms with van der Waals surface area (Å²) in [4.78, 5) is 30.9. The number of furan rings is 1. The fraction of sp³-hybridized carbons (Fsp3) is 0.414. The summed E-state index contributed by atoms with van der Waals surface area (Å²) in [6, 6.07) is 8.95. The molecule has 2 aliphatic rings. The van der Waals surface area contributed by atoms with Gasteiger partial charge in [0.05, 0.1) is 29.4 Å². The molecule has 220 valence electrons. The van der Waals surface area contributed by atoms with Crippen LogP contribution < -0.4 is 14.4 Å². The molecule has 1 N–H and O–H groups in total. The van der Waals surface area contributed by atoms with Crippen LogP contribution in [-0.4, -0.2) is 60.1 Å². The molecule has 2 atom stereocenters. The Bertz CT molecular complexity index is 1700. The summed E-state index contributed by atoms with van der Waals surface area (Å²) >= 11 is 0. The van der Waals surface area contributed by atoms with Crippen molar-refractivity contribution in [3.05, 3.63) is 65.8 Å². The molecule has 42 heavy (non-hydrogen) atoms. The number of aromatic nitrogens is 4. The third-order valence-electron chi connectivity index (χ3n) is 7.35. The van der Waals surface area contributed by atoms with E-state index >= 15 is 0 Å². The summed E-state index contributed by atoms with van der Waals surface area (Å²) in [5.74, 6) is 0.846. The van der Waals surface area contributed by atoms with Crippen LogP contribution >= 0.6 is 0 Å². The number of amides is 1. The smallest absolute Gasteiger partial charge is 0.267 e. The fourth-order valence-electron chi connectivity index (χ4n) is 5.13. The number of anilines is 1. The number of ether oxygens (including phenoxy) is 2. The van der Waals surface area contributed by atoms with E-state index in [-0.39, 0.29) is 53.3 Å². The summed E-state index contributed by atoms with van der Waals surface area (Å²) in [5.41, 5.74) is 1.47. The van der Waals surface area contributed by atoms with Gasteiger partial charge in [-0.15, -0.1) is 0 Å². The van der Waals surface area contributed by atoms with E-state index in [4.69, 9.17) is 13.9 Å². The number of fused-ring (bicyclic) bond motifs is 5. The van der Waals surface area contributed by atoms with Gasteiger partial charge in [-0.05, 0) is 43.4 Å². The van der Waals surface area contributed by atoms with Gasteiger partial charge in [-0.1, -0.05) is 19.9 Å². The van der Waals surface area contributed by atoms with Crippen LogP contribution in [-0.2, 0) is 21.3 Å². The highest BCUT2D eigenvalue weighted by atomic mass is 32.2. The van der Waals surface area contributed by atoms with Gasteiger partial charge in [-0.2, -0.15) is 4.98 Å². The zero-order valence-corrected chi connectivity index (χ0v) is 24.2. The average Bonchev–Trinajstić information content (AvgIpc) is 3.43. The maximum atomic E-state index is 14.1. The van der Waals surface area contributed by atoms with Gasteiger partial charge in [-0.3, -0.25) is 4.79 Å². The lowest BCUT2D eigenvalue weighted by atomic mass is 9.94. The molecule has 0 aliphatic carbocycles. The predicted molar refractivity (Wildman–Crippen MR) is 153 cm³/mol. The molecule has 2 unspecified atom stereocenters. The largest absolute Gasteiger partial charge is 0.475 e. The van der Waals surface area contributed by atoms with Crippen LogP contribution in [0.15, 0.2) is 58.1 Å². The van der Waals surface area contributed by atoms with Crippen LogP contribution in [0.3, 0.4) is 0 Å². The first-order valence-corrected chi connectivity index (χ1v) is 15.4. The second kappa shape index (κ2) is 11.6. The minimum atomic E-state index is -4.25. The summed E-state index contributed by atoms with van der Waals surface area (Å²) < 4.78 is 46.6. The fourth-order valence-corrected chi connectivity index (χ4v) is 6.51. The molecule has 6 rings (SSSR count). The number of nitrogens with one attached hydrogen (secondary N) is 1. The van der Waals surface area contributed by atoms with Crippen LogP contribution in [0.5, 0.6) is 5.88 Å². The van der Waals surface area contributed by atoms with Gasteiger partial charge in [0.25, 0.3) is 15.9 Å². The number of hydrogen-bond donors (Lipinski definition) is 1. The van der Waals surface area contributed by atoms with Gasteiger partial charge in [0.15, 0.2) is 0 Å². The van der Waals surface area contributed by atoms with Crippen molar-refractivity contribution in [2.24, 2.45) is 5.92 Å². The number of hydrogen-bond acceptors (Lipinski definition) is 10. The van der Waals surface area contributed by atoms with Crippen molar-refractivity contribution >= 4 is 33.1 Å². The van der Waals surface area contributed by atoms with Gasteiger partial charge in [0.2, 0.25) is 17.5 Å². The van der Waals surface area contributed by atoms with Gasteiger partial charge < -0.3 is 19.2 Å². The Morgan fingerprint density at radius 3 is 2.81 bits per heavy atom. The number of benzene rings is 1. The second-order valence-electron chi connectivity index (χ2n) is 10.9. The Labute approximate surface area is 243 Å². The predicted octanol–water partition coefficient (Wildman–Crippen LogP) is 3.84. The standard InChI is InChI=1S/C29H32N6O6S/c1-18(2)25-13-24-28(41-25)31-14-22(32-24)15-35-29-30-9-8-26(34-29)40-17-21(11-19-5-4-10-39-16-19)33-27(36)20-6-3-7-23(12-20)42(35,37)38/h3,6-9,12-14,18-19,21H,4-5,10-11,15-17H2,1-2H3,(H,33,36). The Hall–Kier alpha value is -4.10. The van der Waals surface area contributed by atoms with E-state index in [1.807, 2.05) is 13.8 Å². The summed E-state index contributed by atoms with van der Waals surface area (Å²) in [6.07, 6.45) is 5.53. The number of nitrogens with zero attached hydrogens (tertiary/aromatic N) is 5. The lowest BCUT2D eigenvalue weighted by Crippen LogP contribution is -2.41. The van der Waals surface area contributed by atoms with E-state index < -0.39 is 15.9 Å². The zero-order valence-electron chi connectivity index (χ0n) is 23.4. The van der Waals surface area contributed by atoms with Gasteiger partial charge in [-0.25, -0.2) is 27.7 Å². The Kier molecular flexibility index (Phi) is 7.78. The van der Waals surface area contributed by atoms with E-state index in [1.165, 1.54) is 24.5 Å². The molecule has 0 radical (unpaired) electrons. The lowest BCUT2D eigenvalue weighted by Gasteiger charge is -2.27. The summed E-state index contributed by atoms with van der Waals surface area (Å²) in [6.45, 7) is 5.30. The van der Waals surface area contributed by atoms with Gasteiger partial charge >= 0.3 is 0 Å². The van der Waals surface area contributed by atoms with Crippen LogP contribution in [0.2, 0.25) is 0 Å². The van der Waals surface area contributed by atoms with Crippen LogP contribution in [0.4, 0.5) is 5.95 Å². The monoisotopic (exact) mass is 592 g/mol. The van der Waals surface area contributed by atoms with Crippen molar-refractivity contribution in [2.45, 2.75) is 56.5 Å². The third-order valence-corrected chi connectivity index (χ3v) is 9.07. The zero-order chi connectivity index (χ0) is 29.3. The number of carbonyl (C=O) groups excluding carboxylic acids is 1. The maximum absolute atomic E-state index is 14.1. The first-order valence-electron chi connectivity index (χ1n) is 14.0. The molecule has 2 aliphatic heterocycles. The van der Waals surface area contributed by atoms with Crippen LogP contribution in [0.25, 0.3) is 11.2 Å². The normalized spacial score (nSPS) is 20.7. The molecule has 1 saturated heterocycles. The molecule has 0 spiro atoms. The highest BCUT2D eigenvalue weighted by Gasteiger charge is 2.31. The molecule has 4 aromatic rings. The minimum absolute atomic E-state index is 0.0824. The highest BCUT2D eigenvalue weighted by molar-refractivity contribution is 7.92. The number of sulfonamides is 1. The molecule has 1 fully saturated rings. The van der Waals surface area contributed by atoms with E-state index in [0.717, 1.165) is 29.5 Å². The van der Waals surface area contributed by atoms with Crippen molar-refractivity contribution in [1.82, 2.24) is 25.3 Å². The number of carbonyl (C=O) groups is 1. The summed E-state index contributed by atoms with van der Waals surface area (Å²) in [5, 5.41) is 3.03. The Morgan fingerprint density at radius 2 is 2.00 bits per heavy atom. The van der Waals surface area contributed by atoms with E-state index in [0.29, 0.717) is 30.0 Å². The highest BCUT2D eigenvalue weighted by Crippen LogP contribution is 2.27. The van der Waals surface area contributed by atoms with Gasteiger partial charge in [0, 0.05) is 43.0 Å². The molecular formula is C29H32N6O6S. The molecule has 0 saturated carbocycles. The minimum Gasteiger partial charge on any atom is -0.475 e. The van der Waals surface area contributed by atoms with Gasteiger partial charge in [0.1, 0.15) is 17.9 Å². The summed E-state index contributed by atoms with van der Waals surface area (Å²) in [7, 11) is -4.25. The topological polar surface area (TPSA) is 150 Å². The van der Waals surface area contributed by atoms with Crippen molar-refractivity contribution in [3.8, 4) is 5.88 Å². The molecular weight excluding hydrogens is 560 g/mol. The molecule has 13 heteroatoms. The first-order chi connectivity index (χ1) is 20.3. The Balaban J connectivity index is 1.38. The number of rotatable bonds is 5. The van der Waals surface area contributed by atoms with E-state index in [2.05, 4.69) is 25.3 Å². The molecule has 12 nitrogen and oxygen atoms in total. The third kappa shape index (κ3) is 5.93. The molecule has 5 heterocycles. The van der Waals surface area contributed by atoms with E-state index in [9.17, 15) is 13.2 Å². The van der Waals surface area contributed by atoms with Crippen LogP contribution in [0, 0.1) is 5.92 Å². The average molecular weight is 593 g/mol. The molecule has 1 amide bonds. The quantitative estimate of drug-likeness (QED) is 0.362.